The van der Waals surface area contributed by atoms with Crippen molar-refractivity contribution in [2.45, 2.75) is 37.8 Å². The Morgan fingerprint density at radius 1 is 1.29 bits per heavy atom. The molecule has 0 amide bonds. The van der Waals surface area contributed by atoms with Crippen LogP contribution in [0, 0.1) is 0 Å². The van der Waals surface area contributed by atoms with Crippen molar-refractivity contribution in [3.63, 3.8) is 0 Å². The molecule has 2 aliphatic rings. The fourth-order valence-corrected chi connectivity index (χ4v) is 2.80. The molecule has 2 fully saturated rings. The third-order valence-corrected chi connectivity index (χ3v) is 3.55. The van der Waals surface area contributed by atoms with Crippen LogP contribution < -0.4 is 5.73 Å². The molecule has 0 saturated carbocycles. The van der Waals surface area contributed by atoms with Gasteiger partial charge in [0, 0.05) is 19.3 Å². The molecule has 0 radical (unpaired) electrons. The molecule has 0 aliphatic carbocycles. The van der Waals surface area contributed by atoms with Crippen LogP contribution in [0.3, 0.4) is 0 Å². The van der Waals surface area contributed by atoms with Crippen LogP contribution in [0.1, 0.15) is 25.7 Å². The van der Waals surface area contributed by atoms with Crippen molar-refractivity contribution in [3.05, 3.63) is 0 Å². The van der Waals surface area contributed by atoms with Gasteiger partial charge in [0.05, 0.1) is 11.0 Å². The average Bonchev–Trinajstić information content (AvgIpc) is 2.67. The van der Waals surface area contributed by atoms with E-state index in [0.29, 0.717) is 17.1 Å². The summed E-state index contributed by atoms with van der Waals surface area (Å²) in [4.78, 5) is 3.17. The van der Waals surface area contributed by atoms with E-state index in [0.717, 1.165) is 39.0 Å². The van der Waals surface area contributed by atoms with E-state index >= 15 is 0 Å². The summed E-state index contributed by atoms with van der Waals surface area (Å²) in [5.74, 6) is 0. The van der Waals surface area contributed by atoms with Gasteiger partial charge in [0.1, 0.15) is 0 Å². The predicted octanol–water partition coefficient (Wildman–Crippen LogP) is 0.916. The van der Waals surface area contributed by atoms with Gasteiger partial charge in [-0.15, -0.1) is 0 Å². The van der Waals surface area contributed by atoms with Crippen molar-refractivity contribution < 1.29 is 4.74 Å². The molecule has 0 aromatic rings. The smallest absolute Gasteiger partial charge is 0.0902 e. The highest BCUT2D eigenvalue weighted by Crippen LogP contribution is 2.25. The molecule has 0 bridgehead atoms. The van der Waals surface area contributed by atoms with E-state index in [1.54, 1.807) is 0 Å². The molecular formula is C10H18N2OS. The predicted molar refractivity (Wildman–Crippen MR) is 60.4 cm³/mol. The zero-order valence-electron chi connectivity index (χ0n) is 8.45. The molecule has 1 unspecified atom stereocenters. The van der Waals surface area contributed by atoms with E-state index in [2.05, 4.69) is 4.90 Å². The third kappa shape index (κ3) is 2.07. The van der Waals surface area contributed by atoms with Gasteiger partial charge in [0.15, 0.2) is 0 Å². The second-order valence-corrected chi connectivity index (χ2v) is 4.61. The lowest BCUT2D eigenvalue weighted by atomic mass is 10.1. The van der Waals surface area contributed by atoms with E-state index in [1.165, 1.54) is 6.42 Å². The van der Waals surface area contributed by atoms with Crippen molar-refractivity contribution >= 4 is 17.2 Å². The van der Waals surface area contributed by atoms with Crippen molar-refractivity contribution in [3.8, 4) is 0 Å². The van der Waals surface area contributed by atoms with Crippen LogP contribution >= 0.6 is 12.2 Å². The van der Waals surface area contributed by atoms with E-state index in [-0.39, 0.29) is 0 Å². The van der Waals surface area contributed by atoms with Crippen LogP contribution in [0.15, 0.2) is 0 Å². The van der Waals surface area contributed by atoms with Crippen LogP contribution in [0.4, 0.5) is 0 Å². The van der Waals surface area contributed by atoms with Crippen LogP contribution in [0.5, 0.6) is 0 Å². The van der Waals surface area contributed by atoms with Gasteiger partial charge >= 0.3 is 0 Å². The zero-order chi connectivity index (χ0) is 9.97. The molecule has 2 rings (SSSR count). The molecule has 14 heavy (non-hydrogen) atoms. The fourth-order valence-electron chi connectivity index (χ4n) is 2.55. The highest BCUT2D eigenvalue weighted by molar-refractivity contribution is 7.80. The maximum absolute atomic E-state index is 5.75. The summed E-state index contributed by atoms with van der Waals surface area (Å²) in [6.07, 6.45) is 4.66. The highest BCUT2D eigenvalue weighted by atomic mass is 32.1. The summed E-state index contributed by atoms with van der Waals surface area (Å²) in [7, 11) is 0. The van der Waals surface area contributed by atoms with E-state index < -0.39 is 0 Å². The molecule has 0 aromatic carbocycles. The van der Waals surface area contributed by atoms with Gasteiger partial charge in [-0.05, 0) is 32.2 Å². The summed E-state index contributed by atoms with van der Waals surface area (Å²) in [5, 5.41) is 0. The van der Waals surface area contributed by atoms with Gasteiger partial charge in [0.25, 0.3) is 0 Å². The Morgan fingerprint density at radius 2 is 2.00 bits per heavy atom. The van der Waals surface area contributed by atoms with Gasteiger partial charge in [0.2, 0.25) is 0 Å². The quantitative estimate of drug-likeness (QED) is 0.694. The largest absolute Gasteiger partial charge is 0.392 e. The summed E-state index contributed by atoms with van der Waals surface area (Å²) in [6, 6.07) is 1.01. The standard InChI is InChI=1S/C10H18N2OS/c11-10(14)9-2-1-5-12(9)8-3-6-13-7-4-8/h8-9H,1-7H2,(H2,11,14). The minimum Gasteiger partial charge on any atom is -0.392 e. The molecule has 80 valence electrons. The first-order valence-corrected chi connectivity index (χ1v) is 5.82. The lowest BCUT2D eigenvalue weighted by molar-refractivity contribution is 0.0371. The van der Waals surface area contributed by atoms with Gasteiger partial charge in [-0.2, -0.15) is 0 Å². The van der Waals surface area contributed by atoms with E-state index in [4.69, 9.17) is 22.7 Å². The van der Waals surface area contributed by atoms with Crippen LogP contribution in [0.2, 0.25) is 0 Å². The van der Waals surface area contributed by atoms with Crippen LogP contribution in [-0.4, -0.2) is 41.7 Å². The van der Waals surface area contributed by atoms with Gasteiger partial charge in [-0.25, -0.2) is 0 Å². The monoisotopic (exact) mass is 214 g/mol. The molecule has 2 saturated heterocycles. The number of hydrogen-bond acceptors (Lipinski definition) is 3. The first-order chi connectivity index (χ1) is 6.79. The SMILES string of the molecule is NC(=S)C1CCCN1C1CCOCC1. The second-order valence-electron chi connectivity index (χ2n) is 4.14. The fraction of sp³-hybridized carbons (Fsp3) is 0.900. The average molecular weight is 214 g/mol. The van der Waals surface area contributed by atoms with E-state index in [1.807, 2.05) is 0 Å². The van der Waals surface area contributed by atoms with Crippen LogP contribution in [-0.2, 0) is 4.74 Å². The second kappa shape index (κ2) is 4.55. The summed E-state index contributed by atoms with van der Waals surface area (Å²) < 4.78 is 5.36. The first-order valence-electron chi connectivity index (χ1n) is 5.42. The van der Waals surface area contributed by atoms with E-state index in [9.17, 15) is 0 Å². The number of likely N-dealkylation sites (tertiary alicyclic amines) is 1. The summed E-state index contributed by atoms with van der Waals surface area (Å²) in [5.41, 5.74) is 5.75. The lowest BCUT2D eigenvalue weighted by Gasteiger charge is -2.34. The minimum atomic E-state index is 0.355. The molecule has 3 nitrogen and oxygen atoms in total. The Bertz CT molecular complexity index is 216. The number of nitrogens with zero attached hydrogens (tertiary/aromatic N) is 1. The number of thiocarbonyl (C=S) groups is 1. The molecule has 2 heterocycles. The summed E-state index contributed by atoms with van der Waals surface area (Å²) >= 11 is 5.11. The maximum atomic E-state index is 5.75. The zero-order valence-corrected chi connectivity index (χ0v) is 9.26. The number of rotatable bonds is 2. The van der Waals surface area contributed by atoms with Gasteiger partial charge in [-0.1, -0.05) is 12.2 Å². The molecular weight excluding hydrogens is 196 g/mol. The number of ether oxygens (including phenoxy) is 1. The highest BCUT2D eigenvalue weighted by Gasteiger charge is 2.32. The number of hydrogen-bond donors (Lipinski definition) is 1. The normalized spacial score (nSPS) is 30.7. The Kier molecular flexibility index (Phi) is 3.36. The molecule has 0 aromatic heterocycles. The first kappa shape index (κ1) is 10.3. The summed E-state index contributed by atoms with van der Waals surface area (Å²) in [6.45, 7) is 2.95. The Balaban J connectivity index is 1.97. The molecule has 2 aliphatic heterocycles. The van der Waals surface area contributed by atoms with Gasteiger partial charge in [-0.3, -0.25) is 4.90 Å². The maximum Gasteiger partial charge on any atom is 0.0902 e. The third-order valence-electron chi connectivity index (χ3n) is 3.28. The molecule has 0 spiro atoms. The van der Waals surface area contributed by atoms with Crippen LogP contribution in [0.25, 0.3) is 0 Å². The van der Waals surface area contributed by atoms with Gasteiger partial charge < -0.3 is 10.5 Å². The minimum absolute atomic E-state index is 0.355. The lowest BCUT2D eigenvalue weighted by Crippen LogP contribution is -2.47. The molecule has 2 N–H and O–H groups in total. The van der Waals surface area contributed by atoms with Crippen molar-refractivity contribution in [2.24, 2.45) is 5.73 Å². The molecule has 4 heteroatoms. The van der Waals surface area contributed by atoms with Crippen molar-refractivity contribution in [2.75, 3.05) is 19.8 Å². The Morgan fingerprint density at radius 3 is 2.64 bits per heavy atom. The molecule has 1 atom stereocenters. The van der Waals surface area contributed by atoms with Crippen molar-refractivity contribution in [1.29, 1.82) is 0 Å². The Hall–Kier alpha value is -0.190. The Labute approximate surface area is 90.6 Å². The number of nitrogens with two attached hydrogens (primary N) is 1. The topological polar surface area (TPSA) is 38.5 Å². The van der Waals surface area contributed by atoms with Crippen molar-refractivity contribution in [1.82, 2.24) is 4.90 Å².